The van der Waals surface area contributed by atoms with Crippen LogP contribution in [0.1, 0.15) is 44.3 Å². The van der Waals surface area contributed by atoms with Crippen LogP contribution < -0.4 is 5.73 Å². The van der Waals surface area contributed by atoms with E-state index in [4.69, 9.17) is 5.73 Å². The summed E-state index contributed by atoms with van der Waals surface area (Å²) < 4.78 is 28.0. The maximum Gasteiger partial charge on any atom is 0.248 e. The van der Waals surface area contributed by atoms with E-state index in [-0.39, 0.29) is 24.8 Å². The molecule has 2 rings (SSSR count). The van der Waals surface area contributed by atoms with Crippen molar-refractivity contribution in [2.75, 3.05) is 0 Å². The van der Waals surface area contributed by atoms with Crippen molar-refractivity contribution in [3.63, 3.8) is 0 Å². The first-order chi connectivity index (χ1) is 8.03. The molecular weight excluding hydrogens is 224 g/mol. The first kappa shape index (κ1) is 12.5. The molecule has 1 saturated carbocycles. The quantitative estimate of drug-likeness (QED) is 0.887. The Hall–Kier alpha value is -0.970. The predicted octanol–water partition coefficient (Wildman–Crippen LogP) is 2.73. The Morgan fingerprint density at radius 1 is 1.53 bits per heavy atom. The van der Waals surface area contributed by atoms with Crippen LogP contribution in [-0.2, 0) is 6.54 Å². The number of nitrogens with two attached hydrogens (primary N) is 1. The second kappa shape index (κ2) is 4.72. The zero-order chi connectivity index (χ0) is 12.5. The monoisotopic (exact) mass is 243 g/mol. The SMILES string of the molecule is CCn1nccc1C(N)C1CCC(F)(F)CC1. The average molecular weight is 243 g/mol. The Kier molecular flexibility index (Phi) is 3.47. The zero-order valence-corrected chi connectivity index (χ0v) is 10.1. The van der Waals surface area contributed by atoms with Crippen molar-refractivity contribution in [1.82, 2.24) is 9.78 Å². The Bertz CT molecular complexity index is 366. The predicted molar refractivity (Wildman–Crippen MR) is 61.7 cm³/mol. The van der Waals surface area contributed by atoms with Crippen LogP contribution in [0.2, 0.25) is 0 Å². The third kappa shape index (κ3) is 2.65. The van der Waals surface area contributed by atoms with Crippen LogP contribution in [0, 0.1) is 5.92 Å². The Morgan fingerprint density at radius 3 is 2.76 bits per heavy atom. The molecule has 2 N–H and O–H groups in total. The van der Waals surface area contributed by atoms with Crippen LogP contribution in [0.3, 0.4) is 0 Å². The van der Waals surface area contributed by atoms with Gasteiger partial charge in [-0.05, 0) is 31.7 Å². The fourth-order valence-electron chi connectivity index (χ4n) is 2.55. The molecule has 0 amide bonds. The number of alkyl halides is 2. The average Bonchev–Trinajstić information content (AvgIpc) is 2.76. The van der Waals surface area contributed by atoms with E-state index in [1.165, 1.54) is 0 Å². The maximum absolute atomic E-state index is 13.1. The summed E-state index contributed by atoms with van der Waals surface area (Å²) in [7, 11) is 0. The zero-order valence-electron chi connectivity index (χ0n) is 10.1. The van der Waals surface area contributed by atoms with Gasteiger partial charge in [-0.1, -0.05) is 0 Å². The molecule has 96 valence electrons. The summed E-state index contributed by atoms with van der Waals surface area (Å²) in [6, 6.07) is 1.72. The van der Waals surface area contributed by atoms with Crippen molar-refractivity contribution < 1.29 is 8.78 Å². The van der Waals surface area contributed by atoms with E-state index in [1.807, 2.05) is 17.7 Å². The molecule has 1 fully saturated rings. The largest absolute Gasteiger partial charge is 0.322 e. The molecule has 3 nitrogen and oxygen atoms in total. The molecule has 1 aliphatic rings. The highest BCUT2D eigenvalue weighted by atomic mass is 19.3. The molecule has 0 aliphatic heterocycles. The number of aromatic nitrogens is 2. The van der Waals surface area contributed by atoms with E-state index >= 15 is 0 Å². The van der Waals surface area contributed by atoms with E-state index in [9.17, 15) is 8.78 Å². The van der Waals surface area contributed by atoms with Crippen molar-refractivity contribution in [3.05, 3.63) is 18.0 Å². The number of hydrogen-bond donors (Lipinski definition) is 1. The molecule has 0 saturated heterocycles. The van der Waals surface area contributed by atoms with Crippen molar-refractivity contribution in [2.24, 2.45) is 11.7 Å². The number of aryl methyl sites for hydroxylation is 1. The minimum Gasteiger partial charge on any atom is -0.322 e. The summed E-state index contributed by atoms with van der Waals surface area (Å²) in [6.45, 7) is 2.76. The van der Waals surface area contributed by atoms with E-state index in [0.29, 0.717) is 12.8 Å². The topological polar surface area (TPSA) is 43.8 Å². The van der Waals surface area contributed by atoms with Crippen LogP contribution in [0.25, 0.3) is 0 Å². The Morgan fingerprint density at radius 2 is 2.18 bits per heavy atom. The summed E-state index contributed by atoms with van der Waals surface area (Å²) in [4.78, 5) is 0. The molecule has 1 aromatic heterocycles. The van der Waals surface area contributed by atoms with Crippen molar-refractivity contribution >= 4 is 0 Å². The van der Waals surface area contributed by atoms with Crippen LogP contribution in [0.4, 0.5) is 8.78 Å². The van der Waals surface area contributed by atoms with Crippen LogP contribution in [-0.4, -0.2) is 15.7 Å². The van der Waals surface area contributed by atoms with Gasteiger partial charge in [0.1, 0.15) is 0 Å². The first-order valence-electron chi connectivity index (χ1n) is 6.18. The second-order valence-corrected chi connectivity index (χ2v) is 4.79. The normalized spacial score (nSPS) is 22.6. The summed E-state index contributed by atoms with van der Waals surface area (Å²) in [6.07, 6.45) is 2.65. The van der Waals surface area contributed by atoms with Gasteiger partial charge in [-0.25, -0.2) is 8.78 Å². The molecule has 17 heavy (non-hydrogen) atoms. The molecule has 1 heterocycles. The summed E-state index contributed by atoms with van der Waals surface area (Å²) >= 11 is 0. The minimum atomic E-state index is -2.48. The molecule has 0 aromatic carbocycles. The lowest BCUT2D eigenvalue weighted by molar-refractivity contribution is -0.0486. The highest BCUT2D eigenvalue weighted by molar-refractivity contribution is 5.08. The lowest BCUT2D eigenvalue weighted by Gasteiger charge is -2.32. The maximum atomic E-state index is 13.1. The Labute approximate surface area is 100.0 Å². The van der Waals surface area contributed by atoms with Gasteiger partial charge in [0.25, 0.3) is 0 Å². The summed E-state index contributed by atoms with van der Waals surface area (Å²) in [5, 5.41) is 4.17. The molecule has 1 aliphatic carbocycles. The highest BCUT2D eigenvalue weighted by Crippen LogP contribution is 2.40. The van der Waals surface area contributed by atoms with E-state index < -0.39 is 5.92 Å². The van der Waals surface area contributed by atoms with Crippen molar-refractivity contribution in [2.45, 2.75) is 51.1 Å². The molecular formula is C12H19F2N3. The lowest BCUT2D eigenvalue weighted by atomic mass is 9.81. The standard InChI is InChI=1S/C12H19F2N3/c1-2-17-10(5-8-16-17)11(15)9-3-6-12(13,14)7-4-9/h5,8-9,11H,2-4,6-7,15H2,1H3. The van der Waals surface area contributed by atoms with Gasteiger partial charge in [-0.2, -0.15) is 5.10 Å². The van der Waals surface area contributed by atoms with Gasteiger partial charge >= 0.3 is 0 Å². The molecule has 0 spiro atoms. The van der Waals surface area contributed by atoms with Crippen LogP contribution >= 0.6 is 0 Å². The molecule has 0 radical (unpaired) electrons. The van der Waals surface area contributed by atoms with Crippen molar-refractivity contribution in [3.8, 4) is 0 Å². The van der Waals surface area contributed by atoms with E-state index in [1.54, 1.807) is 6.20 Å². The number of rotatable bonds is 3. The minimum absolute atomic E-state index is 0.0361. The number of halogens is 2. The van der Waals surface area contributed by atoms with Gasteiger partial charge in [0, 0.05) is 31.6 Å². The fourth-order valence-corrected chi connectivity index (χ4v) is 2.55. The summed E-state index contributed by atoms with van der Waals surface area (Å²) in [5.74, 6) is -2.34. The lowest BCUT2D eigenvalue weighted by Crippen LogP contribution is -2.32. The van der Waals surface area contributed by atoms with E-state index in [0.717, 1.165) is 12.2 Å². The molecule has 0 bridgehead atoms. The fraction of sp³-hybridized carbons (Fsp3) is 0.750. The first-order valence-corrected chi connectivity index (χ1v) is 6.18. The number of nitrogens with zero attached hydrogens (tertiary/aromatic N) is 2. The highest BCUT2D eigenvalue weighted by Gasteiger charge is 2.37. The number of hydrogen-bond acceptors (Lipinski definition) is 2. The van der Waals surface area contributed by atoms with E-state index in [2.05, 4.69) is 5.10 Å². The van der Waals surface area contributed by atoms with Gasteiger partial charge in [0.2, 0.25) is 5.92 Å². The van der Waals surface area contributed by atoms with Crippen molar-refractivity contribution in [1.29, 1.82) is 0 Å². The third-order valence-electron chi connectivity index (χ3n) is 3.66. The Balaban J connectivity index is 2.04. The second-order valence-electron chi connectivity index (χ2n) is 4.79. The third-order valence-corrected chi connectivity index (χ3v) is 3.66. The van der Waals surface area contributed by atoms with Gasteiger partial charge in [0.15, 0.2) is 0 Å². The molecule has 1 aromatic rings. The van der Waals surface area contributed by atoms with Gasteiger partial charge in [0.05, 0.1) is 5.69 Å². The summed E-state index contributed by atoms with van der Waals surface area (Å²) in [5.41, 5.74) is 7.13. The smallest absolute Gasteiger partial charge is 0.248 e. The van der Waals surface area contributed by atoms with Gasteiger partial charge in [-0.15, -0.1) is 0 Å². The van der Waals surface area contributed by atoms with Crippen LogP contribution in [0.5, 0.6) is 0 Å². The molecule has 5 heteroatoms. The molecule has 1 atom stereocenters. The van der Waals surface area contributed by atoms with Gasteiger partial charge < -0.3 is 5.73 Å². The van der Waals surface area contributed by atoms with Gasteiger partial charge in [-0.3, -0.25) is 4.68 Å². The van der Waals surface area contributed by atoms with Crippen LogP contribution in [0.15, 0.2) is 12.3 Å². The molecule has 1 unspecified atom stereocenters.